The molecule has 19 heavy (non-hydrogen) atoms. The molecule has 2 rings (SSSR count). The van der Waals surface area contributed by atoms with Gasteiger partial charge in [0.2, 0.25) is 5.91 Å². The highest BCUT2D eigenvalue weighted by Gasteiger charge is 2.25. The molecule has 1 aliphatic rings. The van der Waals surface area contributed by atoms with E-state index in [9.17, 15) is 4.79 Å². The molecule has 1 saturated heterocycles. The topological polar surface area (TPSA) is 57.5 Å². The number of likely N-dealkylation sites (N-methyl/N-ethyl adjacent to an activating group) is 1. The Kier molecular flexibility index (Phi) is 4.99. The molecule has 5 heteroatoms. The van der Waals surface area contributed by atoms with Crippen LogP contribution in [-0.2, 0) is 11.3 Å². The van der Waals surface area contributed by atoms with Gasteiger partial charge in [0.25, 0.3) is 0 Å². The average Bonchev–Trinajstić information content (AvgIpc) is 2.97. The Labute approximate surface area is 114 Å². The van der Waals surface area contributed by atoms with Crippen LogP contribution in [0.25, 0.3) is 0 Å². The molecule has 0 aromatic carbocycles. The molecule has 1 aromatic rings. The molecule has 2 N–H and O–H groups in total. The van der Waals surface area contributed by atoms with Crippen molar-refractivity contribution in [2.75, 3.05) is 20.1 Å². The van der Waals surface area contributed by atoms with Crippen molar-refractivity contribution in [1.82, 2.24) is 15.5 Å². The second kappa shape index (κ2) is 6.73. The minimum absolute atomic E-state index is 0.0532. The zero-order chi connectivity index (χ0) is 13.7. The number of nitrogens with one attached hydrogen (secondary N) is 2. The van der Waals surface area contributed by atoms with Crippen molar-refractivity contribution >= 4 is 5.91 Å². The molecule has 0 radical (unpaired) electrons. The Balaban J connectivity index is 1.80. The third kappa shape index (κ3) is 3.81. The SMILES string of the molecule is CC(C(=O)NCc1ccco1)N(C)C1CCNCC1. The molecular formula is C14H23N3O2. The highest BCUT2D eigenvalue weighted by Crippen LogP contribution is 2.13. The van der Waals surface area contributed by atoms with Crippen LogP contribution >= 0.6 is 0 Å². The quantitative estimate of drug-likeness (QED) is 0.833. The Morgan fingerprint density at radius 3 is 2.95 bits per heavy atom. The van der Waals surface area contributed by atoms with Crippen LogP contribution in [0.1, 0.15) is 25.5 Å². The molecule has 106 valence electrons. The highest BCUT2D eigenvalue weighted by atomic mass is 16.3. The van der Waals surface area contributed by atoms with Crippen LogP contribution in [0, 0.1) is 0 Å². The molecule has 1 fully saturated rings. The van der Waals surface area contributed by atoms with Crippen molar-refractivity contribution in [3.8, 4) is 0 Å². The Morgan fingerprint density at radius 2 is 2.32 bits per heavy atom. The lowest BCUT2D eigenvalue weighted by Crippen LogP contribution is -2.50. The zero-order valence-electron chi connectivity index (χ0n) is 11.7. The summed E-state index contributed by atoms with van der Waals surface area (Å²) < 4.78 is 5.20. The maximum Gasteiger partial charge on any atom is 0.237 e. The number of carbonyl (C=O) groups is 1. The average molecular weight is 265 g/mol. The molecule has 5 nitrogen and oxygen atoms in total. The molecule has 1 aromatic heterocycles. The molecule has 0 spiro atoms. The molecule has 0 bridgehead atoms. The minimum atomic E-state index is -0.113. The number of furan rings is 1. The van der Waals surface area contributed by atoms with Gasteiger partial charge in [0.15, 0.2) is 0 Å². The maximum absolute atomic E-state index is 12.1. The van der Waals surface area contributed by atoms with Crippen LogP contribution in [0.15, 0.2) is 22.8 Å². The fraction of sp³-hybridized carbons (Fsp3) is 0.643. The van der Waals surface area contributed by atoms with E-state index in [4.69, 9.17) is 4.42 Å². The second-order valence-corrected chi connectivity index (χ2v) is 5.12. The lowest BCUT2D eigenvalue weighted by atomic mass is 10.0. The summed E-state index contributed by atoms with van der Waals surface area (Å²) in [4.78, 5) is 14.3. The first kappa shape index (κ1) is 14.1. The second-order valence-electron chi connectivity index (χ2n) is 5.12. The smallest absolute Gasteiger partial charge is 0.237 e. The Hall–Kier alpha value is -1.33. The van der Waals surface area contributed by atoms with E-state index in [1.165, 1.54) is 0 Å². The number of amides is 1. The number of nitrogens with zero attached hydrogens (tertiary/aromatic N) is 1. The Morgan fingerprint density at radius 1 is 1.58 bits per heavy atom. The molecule has 1 aliphatic heterocycles. The van der Waals surface area contributed by atoms with E-state index in [2.05, 4.69) is 15.5 Å². The van der Waals surface area contributed by atoms with Gasteiger partial charge in [0.1, 0.15) is 5.76 Å². The van der Waals surface area contributed by atoms with E-state index in [-0.39, 0.29) is 11.9 Å². The summed E-state index contributed by atoms with van der Waals surface area (Å²) in [5.74, 6) is 0.836. The number of rotatable bonds is 5. The van der Waals surface area contributed by atoms with Gasteiger partial charge in [-0.15, -0.1) is 0 Å². The van der Waals surface area contributed by atoms with E-state index in [0.29, 0.717) is 12.6 Å². The summed E-state index contributed by atoms with van der Waals surface area (Å²) in [6.45, 7) is 4.49. The van der Waals surface area contributed by atoms with E-state index < -0.39 is 0 Å². The number of hydrogen-bond acceptors (Lipinski definition) is 4. The van der Waals surface area contributed by atoms with E-state index in [0.717, 1.165) is 31.7 Å². The summed E-state index contributed by atoms with van der Waals surface area (Å²) in [7, 11) is 2.03. The largest absolute Gasteiger partial charge is 0.467 e. The standard InChI is InChI=1S/C14H23N3O2/c1-11(17(2)12-5-7-15-8-6-12)14(18)16-10-13-4-3-9-19-13/h3-4,9,11-12,15H,5-8,10H2,1-2H3,(H,16,18). The molecule has 1 unspecified atom stereocenters. The maximum atomic E-state index is 12.1. The predicted molar refractivity (Wildman–Crippen MR) is 73.7 cm³/mol. The summed E-state index contributed by atoms with van der Waals surface area (Å²) >= 11 is 0. The van der Waals surface area contributed by atoms with Gasteiger partial charge in [-0.3, -0.25) is 9.69 Å². The minimum Gasteiger partial charge on any atom is -0.467 e. The van der Waals surface area contributed by atoms with Crippen LogP contribution in [0.5, 0.6) is 0 Å². The lowest BCUT2D eigenvalue weighted by molar-refractivity contribution is -0.126. The highest BCUT2D eigenvalue weighted by molar-refractivity contribution is 5.81. The van der Waals surface area contributed by atoms with Crippen LogP contribution < -0.4 is 10.6 Å². The van der Waals surface area contributed by atoms with Crippen molar-refractivity contribution < 1.29 is 9.21 Å². The van der Waals surface area contributed by atoms with Crippen LogP contribution in [0.4, 0.5) is 0 Å². The van der Waals surface area contributed by atoms with E-state index >= 15 is 0 Å². The van der Waals surface area contributed by atoms with Crippen LogP contribution in [0.2, 0.25) is 0 Å². The van der Waals surface area contributed by atoms with Crippen molar-refractivity contribution in [3.63, 3.8) is 0 Å². The summed E-state index contributed by atoms with van der Waals surface area (Å²) in [6, 6.07) is 4.07. The first-order valence-electron chi connectivity index (χ1n) is 6.91. The van der Waals surface area contributed by atoms with Gasteiger partial charge in [-0.05, 0) is 52.0 Å². The molecule has 1 atom stereocenters. The van der Waals surface area contributed by atoms with Gasteiger partial charge in [0.05, 0.1) is 18.8 Å². The summed E-state index contributed by atoms with van der Waals surface area (Å²) in [5.41, 5.74) is 0. The number of carbonyl (C=O) groups excluding carboxylic acids is 1. The fourth-order valence-corrected chi connectivity index (χ4v) is 2.45. The summed E-state index contributed by atoms with van der Waals surface area (Å²) in [5, 5.41) is 6.26. The van der Waals surface area contributed by atoms with E-state index in [1.54, 1.807) is 6.26 Å². The summed E-state index contributed by atoms with van der Waals surface area (Å²) in [6.07, 6.45) is 3.82. The third-order valence-corrected chi connectivity index (χ3v) is 3.89. The lowest BCUT2D eigenvalue weighted by Gasteiger charge is -2.35. The normalized spacial score (nSPS) is 18.5. The first-order valence-corrected chi connectivity index (χ1v) is 6.91. The van der Waals surface area contributed by atoms with Crippen molar-refractivity contribution in [3.05, 3.63) is 24.2 Å². The first-order chi connectivity index (χ1) is 9.18. The molecule has 2 heterocycles. The third-order valence-electron chi connectivity index (χ3n) is 3.89. The van der Waals surface area contributed by atoms with Gasteiger partial charge in [-0.2, -0.15) is 0 Å². The molecule has 0 saturated carbocycles. The Bertz CT molecular complexity index is 385. The van der Waals surface area contributed by atoms with Gasteiger partial charge >= 0.3 is 0 Å². The van der Waals surface area contributed by atoms with Crippen molar-refractivity contribution in [2.45, 2.75) is 38.4 Å². The predicted octanol–water partition coefficient (Wildman–Crippen LogP) is 0.968. The number of piperidine rings is 1. The van der Waals surface area contributed by atoms with Gasteiger partial charge < -0.3 is 15.1 Å². The number of hydrogen-bond donors (Lipinski definition) is 2. The van der Waals surface area contributed by atoms with Crippen molar-refractivity contribution in [1.29, 1.82) is 0 Å². The van der Waals surface area contributed by atoms with E-state index in [1.807, 2.05) is 26.1 Å². The van der Waals surface area contributed by atoms with Crippen LogP contribution in [-0.4, -0.2) is 43.0 Å². The van der Waals surface area contributed by atoms with Gasteiger partial charge in [-0.1, -0.05) is 0 Å². The fourth-order valence-electron chi connectivity index (χ4n) is 2.45. The van der Waals surface area contributed by atoms with Crippen molar-refractivity contribution in [2.24, 2.45) is 0 Å². The van der Waals surface area contributed by atoms with Gasteiger partial charge in [0, 0.05) is 6.04 Å². The molecule has 1 amide bonds. The van der Waals surface area contributed by atoms with Gasteiger partial charge in [-0.25, -0.2) is 0 Å². The zero-order valence-corrected chi connectivity index (χ0v) is 11.7. The van der Waals surface area contributed by atoms with Crippen LogP contribution in [0.3, 0.4) is 0 Å². The monoisotopic (exact) mass is 265 g/mol. The molecule has 0 aliphatic carbocycles. The molecular weight excluding hydrogens is 242 g/mol.